The maximum absolute atomic E-state index is 10.5. The second-order valence-corrected chi connectivity index (χ2v) is 5.26. The number of rotatable bonds is 2. The summed E-state index contributed by atoms with van der Waals surface area (Å²) in [6.45, 7) is 4.12. The van der Waals surface area contributed by atoms with Crippen molar-refractivity contribution in [3.05, 3.63) is 0 Å². The topological polar surface area (TPSA) is 89.1 Å². The minimum Gasteiger partial charge on any atom is -0.542 e. The second-order valence-electron chi connectivity index (χ2n) is 5.26. The third kappa shape index (κ3) is 15.3. The second kappa shape index (κ2) is 11.1. The normalized spacial score (nSPS) is 15.7. The van der Waals surface area contributed by atoms with Crippen LogP contribution in [0.1, 0.15) is 19.3 Å². The summed E-state index contributed by atoms with van der Waals surface area (Å²) in [6, 6.07) is 0. The summed E-state index contributed by atoms with van der Waals surface area (Å²) < 4.78 is 63.1. The van der Waals surface area contributed by atoms with Gasteiger partial charge in [0.1, 0.15) is 11.9 Å². The molecule has 1 saturated heterocycles. The number of hydrogen-bond donors (Lipinski definition) is 2. The Labute approximate surface area is 134 Å². The number of halogens is 6. The van der Waals surface area contributed by atoms with Crippen molar-refractivity contribution < 1.29 is 55.9 Å². The van der Waals surface area contributed by atoms with Crippen LogP contribution in [0.15, 0.2) is 0 Å². The molecule has 1 heterocycles. The Balaban J connectivity index is 0. The number of likely N-dealkylation sites (tertiary alicyclic amines) is 1. The van der Waals surface area contributed by atoms with Crippen molar-refractivity contribution in [3.8, 4) is 0 Å². The molecular formula is C12H20F6N2O4. The standard InChI is InChI=1S/C8H18N2.2C2HF3O2/c1-9(2)8-10-6-4-3-5-7-10;2*3-2(4,5)1(6)7/h3-8H2,1-2H3;2*(H,6,7). The van der Waals surface area contributed by atoms with Gasteiger partial charge in [-0.2, -0.15) is 26.3 Å². The minimum atomic E-state index is -5.19. The molecule has 0 bridgehead atoms. The summed E-state index contributed by atoms with van der Waals surface area (Å²) in [5.74, 6) is -6.01. The van der Waals surface area contributed by atoms with Crippen LogP contribution >= 0.6 is 0 Å². The zero-order valence-electron chi connectivity index (χ0n) is 13.1. The van der Waals surface area contributed by atoms with Crippen LogP contribution in [0.25, 0.3) is 0 Å². The first-order chi connectivity index (χ1) is 10.7. The molecule has 1 aliphatic rings. The van der Waals surface area contributed by atoms with Gasteiger partial charge >= 0.3 is 12.4 Å². The van der Waals surface area contributed by atoms with Crippen molar-refractivity contribution >= 4 is 11.9 Å². The maximum atomic E-state index is 10.5. The van der Waals surface area contributed by atoms with Gasteiger partial charge in [0.15, 0.2) is 0 Å². The quantitative estimate of drug-likeness (QED) is 0.500. The molecule has 0 amide bonds. The molecule has 0 atom stereocenters. The number of hydrogen-bond acceptors (Lipinski definition) is 4. The van der Waals surface area contributed by atoms with Gasteiger partial charge in [-0.1, -0.05) is 0 Å². The Morgan fingerprint density at radius 3 is 1.38 bits per heavy atom. The highest BCUT2D eigenvalue weighted by Gasteiger charge is 2.29. The number of alkyl halides is 6. The number of carboxylic acid groups (broad SMARTS) is 2. The average molecular weight is 370 g/mol. The number of carbonyl (C=O) groups is 2. The van der Waals surface area contributed by atoms with Gasteiger partial charge < -0.3 is 19.8 Å². The van der Waals surface area contributed by atoms with Gasteiger partial charge in [-0.05, 0) is 19.3 Å². The molecule has 0 saturated carbocycles. The summed E-state index contributed by atoms with van der Waals surface area (Å²) in [7, 11) is 4.48. The first-order valence-electron chi connectivity index (χ1n) is 6.86. The lowest BCUT2D eigenvalue weighted by atomic mass is 10.1. The van der Waals surface area contributed by atoms with Crippen molar-refractivity contribution in [1.82, 2.24) is 0 Å². The fraction of sp³-hybridized carbons (Fsp3) is 0.833. The highest BCUT2D eigenvalue weighted by atomic mass is 19.4. The molecule has 12 heteroatoms. The number of carboxylic acids is 2. The maximum Gasteiger partial charge on any atom is 0.430 e. The van der Waals surface area contributed by atoms with E-state index >= 15 is 0 Å². The number of carbonyl (C=O) groups excluding carboxylic acids is 2. The van der Waals surface area contributed by atoms with E-state index in [0.29, 0.717) is 0 Å². The van der Waals surface area contributed by atoms with Crippen LogP contribution in [-0.2, 0) is 9.59 Å². The van der Waals surface area contributed by atoms with E-state index in [1.807, 2.05) is 0 Å². The van der Waals surface area contributed by atoms with Crippen LogP contribution in [0.4, 0.5) is 26.3 Å². The van der Waals surface area contributed by atoms with Crippen molar-refractivity contribution in [2.24, 2.45) is 0 Å². The molecule has 1 rings (SSSR count). The number of piperidine rings is 1. The van der Waals surface area contributed by atoms with Crippen molar-refractivity contribution in [2.75, 3.05) is 33.9 Å². The Morgan fingerprint density at radius 1 is 0.875 bits per heavy atom. The van der Waals surface area contributed by atoms with Crippen LogP contribution in [0.2, 0.25) is 0 Å². The van der Waals surface area contributed by atoms with Crippen molar-refractivity contribution in [2.45, 2.75) is 31.6 Å². The SMILES string of the molecule is C[NH+](C)C[NH+]1CCCCC1.O=C([O-])C(F)(F)F.O=C([O-])C(F)(F)F. The van der Waals surface area contributed by atoms with E-state index in [0.717, 1.165) is 0 Å². The summed E-state index contributed by atoms with van der Waals surface area (Å²) in [6.07, 6.45) is -6.03. The molecule has 144 valence electrons. The molecule has 0 spiro atoms. The fourth-order valence-electron chi connectivity index (χ4n) is 1.73. The molecule has 6 nitrogen and oxygen atoms in total. The minimum absolute atomic E-state index is 1.31. The molecule has 1 fully saturated rings. The van der Waals surface area contributed by atoms with E-state index in [2.05, 4.69) is 14.1 Å². The van der Waals surface area contributed by atoms with Gasteiger partial charge in [-0.25, -0.2) is 0 Å². The molecule has 1 aliphatic heterocycles. The van der Waals surface area contributed by atoms with Crippen LogP contribution in [0.5, 0.6) is 0 Å². The lowest BCUT2D eigenvalue weighted by Gasteiger charge is -2.23. The van der Waals surface area contributed by atoms with E-state index in [1.54, 1.807) is 9.80 Å². The molecule has 0 radical (unpaired) electrons. The predicted octanol–water partition coefficient (Wildman–Crippen LogP) is -3.25. The Morgan fingerprint density at radius 2 is 1.17 bits per heavy atom. The molecule has 0 aromatic carbocycles. The highest BCUT2D eigenvalue weighted by Crippen LogP contribution is 2.12. The van der Waals surface area contributed by atoms with Gasteiger partial charge in [0.25, 0.3) is 0 Å². The average Bonchev–Trinajstić information content (AvgIpc) is 2.38. The Bertz CT molecular complexity index is 355. The van der Waals surface area contributed by atoms with Crippen LogP contribution < -0.4 is 20.0 Å². The third-order valence-electron chi connectivity index (χ3n) is 2.63. The van der Waals surface area contributed by atoms with Crippen LogP contribution in [0.3, 0.4) is 0 Å². The Kier molecular flexibility index (Phi) is 11.4. The first-order valence-corrected chi connectivity index (χ1v) is 6.86. The molecule has 0 aromatic rings. The molecule has 0 aliphatic carbocycles. The smallest absolute Gasteiger partial charge is 0.430 e. The molecule has 2 N–H and O–H groups in total. The highest BCUT2D eigenvalue weighted by molar-refractivity contribution is 5.71. The largest absolute Gasteiger partial charge is 0.542 e. The van der Waals surface area contributed by atoms with Crippen LogP contribution in [-0.4, -0.2) is 58.1 Å². The summed E-state index contributed by atoms with van der Waals surface area (Å²) in [5.41, 5.74) is 0. The van der Waals surface area contributed by atoms with E-state index < -0.39 is 24.3 Å². The lowest BCUT2D eigenvalue weighted by Crippen LogP contribution is -3.29. The number of quaternary nitrogens is 2. The Hall–Kier alpha value is -1.56. The third-order valence-corrected chi connectivity index (χ3v) is 2.63. The zero-order valence-corrected chi connectivity index (χ0v) is 13.1. The van der Waals surface area contributed by atoms with Gasteiger partial charge in [-0.3, -0.25) is 9.80 Å². The van der Waals surface area contributed by atoms with Gasteiger partial charge in [0.05, 0.1) is 27.2 Å². The van der Waals surface area contributed by atoms with Gasteiger partial charge in [0.2, 0.25) is 6.67 Å². The van der Waals surface area contributed by atoms with Gasteiger partial charge in [0, 0.05) is 0 Å². The molecule has 0 aromatic heterocycles. The number of nitrogens with one attached hydrogen (secondary N) is 2. The lowest BCUT2D eigenvalue weighted by molar-refractivity contribution is -1.07. The van der Waals surface area contributed by atoms with Crippen LogP contribution in [0, 0.1) is 0 Å². The molecule has 24 heavy (non-hydrogen) atoms. The number of aliphatic carboxylic acids is 2. The molecule has 0 unspecified atom stereocenters. The predicted molar refractivity (Wildman–Crippen MR) is 64.3 cm³/mol. The summed E-state index contributed by atoms with van der Waals surface area (Å²) >= 11 is 0. The van der Waals surface area contributed by atoms with Crippen molar-refractivity contribution in [3.63, 3.8) is 0 Å². The van der Waals surface area contributed by atoms with Crippen molar-refractivity contribution in [1.29, 1.82) is 0 Å². The van der Waals surface area contributed by atoms with E-state index in [9.17, 15) is 26.3 Å². The fourth-order valence-corrected chi connectivity index (χ4v) is 1.73. The first kappa shape index (κ1) is 24.7. The molecular weight excluding hydrogens is 350 g/mol. The van der Waals surface area contributed by atoms with E-state index in [1.165, 1.54) is 39.0 Å². The summed E-state index contributed by atoms with van der Waals surface area (Å²) in [4.78, 5) is 20.9. The monoisotopic (exact) mass is 370 g/mol. The van der Waals surface area contributed by atoms with Gasteiger partial charge in [-0.15, -0.1) is 0 Å². The zero-order chi connectivity index (χ0) is 19.6. The summed E-state index contributed by atoms with van der Waals surface area (Å²) in [5, 5.41) is 17.6. The van der Waals surface area contributed by atoms with E-state index in [4.69, 9.17) is 19.8 Å². The van der Waals surface area contributed by atoms with E-state index in [-0.39, 0.29) is 0 Å².